The van der Waals surface area contributed by atoms with E-state index in [9.17, 15) is 26.9 Å². The van der Waals surface area contributed by atoms with Crippen LogP contribution in [-0.4, -0.2) is 70.8 Å². The molecule has 1 fully saturated rings. The number of piperazine rings is 1. The van der Waals surface area contributed by atoms with E-state index >= 15 is 0 Å². The molecule has 0 unspecified atom stereocenters. The fraction of sp³-hybridized carbons (Fsp3) is 0.280. The van der Waals surface area contributed by atoms with Crippen molar-refractivity contribution in [2.45, 2.75) is 16.9 Å². The van der Waals surface area contributed by atoms with Gasteiger partial charge in [-0.15, -0.1) is 11.8 Å². The van der Waals surface area contributed by atoms with Crippen molar-refractivity contribution < 1.29 is 25.8 Å². The number of hydrogen-bond acceptors (Lipinski definition) is 10. The zero-order chi connectivity index (χ0) is 28.5. The summed E-state index contributed by atoms with van der Waals surface area (Å²) in [7, 11) is -5.90. The van der Waals surface area contributed by atoms with E-state index < -0.39 is 21.4 Å². The number of nitriles is 1. The molecule has 0 bridgehead atoms. The Kier molecular flexibility index (Phi) is 7.58. The summed E-state index contributed by atoms with van der Waals surface area (Å²) in [5, 5.41) is 13.5. The average Bonchev–Trinajstić information content (AvgIpc) is 3.36. The number of halogens is 3. The third kappa shape index (κ3) is 5.69. The molecule has 208 valence electrons. The van der Waals surface area contributed by atoms with Gasteiger partial charge in [0.15, 0.2) is 5.75 Å². The highest BCUT2D eigenvalue weighted by atomic mass is 32.2. The topological polar surface area (TPSA) is 117 Å². The molecule has 0 aromatic carbocycles. The highest BCUT2D eigenvalue weighted by Crippen LogP contribution is 2.34. The number of nitrogens with zero attached hydrogens (tertiary/aromatic N) is 7. The summed E-state index contributed by atoms with van der Waals surface area (Å²) in [5.41, 5.74) is -3.48. The van der Waals surface area contributed by atoms with Gasteiger partial charge in [0.25, 0.3) is 0 Å². The molecule has 0 N–H and O–H groups in total. The lowest BCUT2D eigenvalue weighted by Gasteiger charge is -2.35. The van der Waals surface area contributed by atoms with Crippen LogP contribution in [0.15, 0.2) is 60.0 Å². The molecular formula is C25H22F3N7O3S2. The Morgan fingerprint density at radius 2 is 1.85 bits per heavy atom. The second-order valence-corrected chi connectivity index (χ2v) is 11.3. The molecule has 10 nitrogen and oxygen atoms in total. The third-order valence-electron chi connectivity index (χ3n) is 6.37. The molecule has 15 heteroatoms. The number of pyridine rings is 3. The van der Waals surface area contributed by atoms with Crippen molar-refractivity contribution in [1.29, 1.82) is 5.26 Å². The summed E-state index contributed by atoms with van der Waals surface area (Å²) in [6, 6.07) is 10.7. The van der Waals surface area contributed by atoms with E-state index in [0.29, 0.717) is 11.4 Å². The number of hydrogen-bond donors (Lipinski definition) is 0. The molecule has 0 saturated carbocycles. The third-order valence-corrected chi connectivity index (χ3v) is 8.06. The minimum atomic E-state index is -5.90. The predicted octanol–water partition coefficient (Wildman–Crippen LogP) is 3.94. The molecular weight excluding hydrogens is 567 g/mol. The van der Waals surface area contributed by atoms with Crippen LogP contribution >= 0.6 is 11.8 Å². The van der Waals surface area contributed by atoms with Gasteiger partial charge in [0, 0.05) is 61.1 Å². The maximum absolute atomic E-state index is 12.9. The molecule has 1 aliphatic rings. The first kappa shape index (κ1) is 27.7. The quantitative estimate of drug-likeness (QED) is 0.178. The normalized spacial score (nSPS) is 14.8. The monoisotopic (exact) mass is 589 g/mol. The lowest BCUT2D eigenvalue weighted by atomic mass is 10.1. The van der Waals surface area contributed by atoms with Crippen molar-refractivity contribution in [3.05, 3.63) is 66.4 Å². The molecule has 0 spiro atoms. The number of thioether (sulfide) groups is 1. The van der Waals surface area contributed by atoms with E-state index in [1.54, 1.807) is 23.9 Å². The second kappa shape index (κ2) is 11.0. The van der Waals surface area contributed by atoms with Gasteiger partial charge in [0.05, 0.1) is 29.2 Å². The van der Waals surface area contributed by atoms with Gasteiger partial charge in [-0.25, -0.2) is 9.50 Å². The molecule has 40 heavy (non-hydrogen) atoms. The van der Waals surface area contributed by atoms with Gasteiger partial charge in [-0.2, -0.15) is 31.9 Å². The molecule has 1 saturated heterocycles. The number of anilines is 1. The van der Waals surface area contributed by atoms with Crippen LogP contribution in [0.4, 0.5) is 19.0 Å². The summed E-state index contributed by atoms with van der Waals surface area (Å²) >= 11 is 1.65. The van der Waals surface area contributed by atoms with E-state index in [1.807, 2.05) is 24.6 Å². The first-order valence-corrected chi connectivity index (χ1v) is 14.6. The van der Waals surface area contributed by atoms with E-state index in [0.717, 1.165) is 60.1 Å². The molecule has 0 radical (unpaired) electrons. The summed E-state index contributed by atoms with van der Waals surface area (Å²) < 4.78 is 67.3. The molecule has 1 aliphatic heterocycles. The largest absolute Gasteiger partial charge is 0.534 e. The van der Waals surface area contributed by atoms with Gasteiger partial charge >= 0.3 is 15.6 Å². The van der Waals surface area contributed by atoms with Crippen LogP contribution in [0, 0.1) is 11.3 Å². The van der Waals surface area contributed by atoms with Gasteiger partial charge in [-0.1, -0.05) is 0 Å². The second-order valence-electron chi connectivity index (χ2n) is 8.89. The Labute approximate surface area is 232 Å². The Bertz CT molecular complexity index is 1660. The number of rotatable bonds is 7. The molecule has 0 atom stereocenters. The van der Waals surface area contributed by atoms with Crippen LogP contribution in [0.1, 0.15) is 11.3 Å². The molecule has 5 rings (SSSR count). The van der Waals surface area contributed by atoms with Crippen LogP contribution < -0.4 is 9.08 Å². The van der Waals surface area contributed by atoms with Crippen LogP contribution in [0.3, 0.4) is 0 Å². The summed E-state index contributed by atoms with van der Waals surface area (Å²) in [6.45, 7) is 3.84. The number of aromatic nitrogens is 4. The molecule has 4 aromatic rings. The van der Waals surface area contributed by atoms with Gasteiger partial charge in [0.1, 0.15) is 11.9 Å². The maximum Gasteiger partial charge on any atom is 0.534 e. The number of fused-ring (bicyclic) bond motifs is 1. The smallest absolute Gasteiger partial charge is 0.374 e. The number of alkyl halides is 3. The summed E-state index contributed by atoms with van der Waals surface area (Å²) in [6.07, 6.45) is 7.60. The standard InChI is InChI=1S/C25H22F3N7O3S2/c1-39-21-4-3-19(30-14-21)15-33-6-8-34(9-7-33)23-5-2-17(12-31-23)22-10-20(38-40(36,37)25(26,27)28)16-35-24(22)18(11-29)13-32-35/h2-5,10,12-14,16H,6-9,15H2,1H3. The minimum absolute atomic E-state index is 0.151. The van der Waals surface area contributed by atoms with Crippen molar-refractivity contribution >= 4 is 33.2 Å². The molecule has 0 amide bonds. The van der Waals surface area contributed by atoms with Crippen molar-refractivity contribution in [3.8, 4) is 22.9 Å². The van der Waals surface area contributed by atoms with Gasteiger partial charge in [-0.3, -0.25) is 9.88 Å². The highest BCUT2D eigenvalue weighted by Gasteiger charge is 2.48. The lowest BCUT2D eigenvalue weighted by molar-refractivity contribution is -0.0500. The SMILES string of the molecule is CSc1ccc(CN2CCN(c3ccc(-c4cc(OS(=O)(=O)C(F)(F)F)cn5ncc(C#N)c45)cn3)CC2)nc1. The fourth-order valence-electron chi connectivity index (χ4n) is 4.34. The maximum atomic E-state index is 12.9. The van der Waals surface area contributed by atoms with Crippen molar-refractivity contribution in [2.24, 2.45) is 0 Å². The van der Waals surface area contributed by atoms with E-state index in [4.69, 9.17) is 0 Å². The Hall–Kier alpha value is -3.87. The Morgan fingerprint density at radius 1 is 1.07 bits per heavy atom. The Morgan fingerprint density at radius 3 is 2.45 bits per heavy atom. The van der Waals surface area contributed by atoms with E-state index in [2.05, 4.69) is 35.1 Å². The van der Waals surface area contributed by atoms with Gasteiger partial charge < -0.3 is 9.08 Å². The van der Waals surface area contributed by atoms with E-state index in [-0.39, 0.29) is 16.6 Å². The van der Waals surface area contributed by atoms with Crippen LogP contribution in [0.2, 0.25) is 0 Å². The van der Waals surface area contributed by atoms with Gasteiger partial charge in [0.2, 0.25) is 0 Å². The lowest BCUT2D eigenvalue weighted by Crippen LogP contribution is -2.46. The molecule has 4 aromatic heterocycles. The van der Waals surface area contributed by atoms with Crippen LogP contribution in [-0.2, 0) is 16.7 Å². The van der Waals surface area contributed by atoms with Crippen molar-refractivity contribution in [2.75, 3.05) is 37.3 Å². The summed E-state index contributed by atoms with van der Waals surface area (Å²) in [4.78, 5) is 14.6. The Balaban J connectivity index is 1.34. The molecule has 0 aliphatic carbocycles. The average molecular weight is 590 g/mol. The zero-order valence-corrected chi connectivity index (χ0v) is 22.7. The minimum Gasteiger partial charge on any atom is -0.374 e. The van der Waals surface area contributed by atoms with Crippen molar-refractivity contribution in [3.63, 3.8) is 0 Å². The van der Waals surface area contributed by atoms with Crippen LogP contribution in [0.25, 0.3) is 16.6 Å². The van der Waals surface area contributed by atoms with Crippen molar-refractivity contribution in [1.82, 2.24) is 24.5 Å². The molecule has 5 heterocycles. The summed E-state index contributed by atoms with van der Waals surface area (Å²) in [5.74, 6) is 0.105. The first-order valence-electron chi connectivity index (χ1n) is 11.9. The zero-order valence-electron chi connectivity index (χ0n) is 21.0. The van der Waals surface area contributed by atoms with Crippen LogP contribution in [0.5, 0.6) is 5.75 Å². The first-order chi connectivity index (χ1) is 19.1. The predicted molar refractivity (Wildman–Crippen MR) is 142 cm³/mol. The highest BCUT2D eigenvalue weighted by molar-refractivity contribution is 7.98. The van der Waals surface area contributed by atoms with E-state index in [1.165, 1.54) is 12.4 Å². The fourth-order valence-corrected chi connectivity index (χ4v) is 5.14. The van der Waals surface area contributed by atoms with Gasteiger partial charge in [-0.05, 0) is 36.6 Å².